The van der Waals surface area contributed by atoms with Crippen LogP contribution in [0.2, 0.25) is 0 Å². The van der Waals surface area contributed by atoms with Crippen LogP contribution in [0.5, 0.6) is 0 Å². The summed E-state index contributed by atoms with van der Waals surface area (Å²) in [4.78, 5) is 17.9. The van der Waals surface area contributed by atoms with Crippen molar-refractivity contribution in [3.05, 3.63) is 30.1 Å². The summed E-state index contributed by atoms with van der Waals surface area (Å²) in [6.07, 6.45) is 2.99. The van der Waals surface area contributed by atoms with E-state index in [4.69, 9.17) is 9.47 Å². The van der Waals surface area contributed by atoms with Gasteiger partial charge in [-0.05, 0) is 38.5 Å². The average molecular weight is 280 g/mol. The first kappa shape index (κ1) is 16.6. The molecule has 5 nitrogen and oxygen atoms in total. The van der Waals surface area contributed by atoms with Crippen LogP contribution in [-0.4, -0.2) is 48.8 Å². The molecular weight excluding hydrogens is 256 g/mol. The van der Waals surface area contributed by atoms with Gasteiger partial charge in [-0.25, -0.2) is 0 Å². The maximum atomic E-state index is 12.3. The smallest absolute Gasteiger partial charge is 0.251 e. The molecule has 0 aliphatic rings. The number of carbonyl (C=O) groups is 1. The van der Waals surface area contributed by atoms with Gasteiger partial charge in [-0.15, -0.1) is 0 Å². The highest BCUT2D eigenvalue weighted by Gasteiger charge is 2.22. The van der Waals surface area contributed by atoms with Gasteiger partial charge in [0.25, 0.3) is 5.91 Å². The Morgan fingerprint density at radius 1 is 1.30 bits per heavy atom. The fourth-order valence-corrected chi connectivity index (χ4v) is 1.84. The average Bonchev–Trinajstić information content (AvgIpc) is 2.50. The number of hydrogen-bond donors (Lipinski definition) is 0. The molecular formula is C15H24N2O3. The standard InChI is InChI=1S/C15H24N2O3/c1-5-19-10-11-20-13(3)15(18)17(4)12(2)14-6-8-16-9-7-14/h6-9,12-13H,5,10-11H2,1-4H3/t12-,13+/m0/s1. The molecule has 0 radical (unpaired) electrons. The second kappa shape index (κ2) is 8.66. The molecule has 1 aromatic heterocycles. The molecule has 5 heteroatoms. The number of rotatable bonds is 8. The monoisotopic (exact) mass is 280 g/mol. The van der Waals surface area contributed by atoms with E-state index in [1.165, 1.54) is 0 Å². The Labute approximate surface area is 120 Å². The molecule has 0 spiro atoms. The van der Waals surface area contributed by atoms with Crippen molar-refractivity contribution in [3.8, 4) is 0 Å². The zero-order valence-corrected chi connectivity index (χ0v) is 12.7. The lowest BCUT2D eigenvalue weighted by atomic mass is 10.1. The van der Waals surface area contributed by atoms with Crippen LogP contribution in [-0.2, 0) is 14.3 Å². The van der Waals surface area contributed by atoms with E-state index in [1.807, 2.05) is 26.0 Å². The molecule has 112 valence electrons. The fourth-order valence-electron chi connectivity index (χ4n) is 1.84. The number of nitrogens with zero attached hydrogens (tertiary/aromatic N) is 2. The van der Waals surface area contributed by atoms with E-state index in [1.54, 1.807) is 31.3 Å². The van der Waals surface area contributed by atoms with E-state index in [-0.39, 0.29) is 11.9 Å². The van der Waals surface area contributed by atoms with Crippen molar-refractivity contribution in [2.24, 2.45) is 0 Å². The lowest BCUT2D eigenvalue weighted by Crippen LogP contribution is -2.38. The van der Waals surface area contributed by atoms with E-state index in [9.17, 15) is 4.79 Å². The molecule has 0 unspecified atom stereocenters. The van der Waals surface area contributed by atoms with Crippen LogP contribution in [0.4, 0.5) is 0 Å². The Kier molecular flexibility index (Phi) is 7.18. The largest absolute Gasteiger partial charge is 0.379 e. The summed E-state index contributed by atoms with van der Waals surface area (Å²) in [5, 5.41) is 0. The SMILES string of the molecule is CCOCCO[C@H](C)C(=O)N(C)[C@@H](C)c1ccncc1. The highest BCUT2D eigenvalue weighted by atomic mass is 16.5. The number of pyridine rings is 1. The van der Waals surface area contributed by atoms with Gasteiger partial charge < -0.3 is 14.4 Å². The van der Waals surface area contributed by atoms with Crippen molar-refractivity contribution >= 4 is 5.91 Å². The lowest BCUT2D eigenvalue weighted by molar-refractivity contribution is -0.144. The number of carbonyl (C=O) groups excluding carboxylic acids is 1. The van der Waals surface area contributed by atoms with Gasteiger partial charge in [0.15, 0.2) is 0 Å². The molecule has 1 aromatic rings. The topological polar surface area (TPSA) is 51.7 Å². The highest BCUT2D eigenvalue weighted by Crippen LogP contribution is 2.18. The molecule has 0 saturated carbocycles. The Morgan fingerprint density at radius 2 is 1.95 bits per heavy atom. The summed E-state index contributed by atoms with van der Waals surface area (Å²) < 4.78 is 10.7. The summed E-state index contributed by atoms with van der Waals surface area (Å²) in [7, 11) is 1.79. The van der Waals surface area contributed by atoms with Crippen LogP contribution in [0.3, 0.4) is 0 Å². The number of hydrogen-bond acceptors (Lipinski definition) is 4. The molecule has 0 saturated heterocycles. The van der Waals surface area contributed by atoms with Gasteiger partial charge in [0.2, 0.25) is 0 Å². The minimum Gasteiger partial charge on any atom is -0.379 e. The second-order valence-corrected chi connectivity index (χ2v) is 4.62. The first-order valence-corrected chi connectivity index (χ1v) is 6.93. The third-order valence-corrected chi connectivity index (χ3v) is 3.26. The molecule has 0 aliphatic heterocycles. The molecule has 0 N–H and O–H groups in total. The first-order chi connectivity index (χ1) is 9.57. The summed E-state index contributed by atoms with van der Waals surface area (Å²) in [6.45, 7) is 7.28. The Morgan fingerprint density at radius 3 is 2.55 bits per heavy atom. The van der Waals surface area contributed by atoms with Crippen LogP contribution in [0.1, 0.15) is 32.4 Å². The van der Waals surface area contributed by atoms with Gasteiger partial charge in [0.1, 0.15) is 6.10 Å². The maximum Gasteiger partial charge on any atom is 0.251 e. The third kappa shape index (κ3) is 4.90. The normalized spacial score (nSPS) is 13.8. The highest BCUT2D eigenvalue weighted by molar-refractivity contribution is 5.80. The van der Waals surface area contributed by atoms with Crippen molar-refractivity contribution < 1.29 is 14.3 Å². The third-order valence-electron chi connectivity index (χ3n) is 3.26. The predicted octanol–water partition coefficient (Wildman–Crippen LogP) is 2.04. The van der Waals surface area contributed by atoms with Crippen molar-refractivity contribution in [1.29, 1.82) is 0 Å². The number of likely N-dealkylation sites (N-methyl/N-ethyl adjacent to an activating group) is 1. The van der Waals surface area contributed by atoms with Crippen molar-refractivity contribution in [1.82, 2.24) is 9.88 Å². The summed E-state index contributed by atoms with van der Waals surface area (Å²) >= 11 is 0. The minimum absolute atomic E-state index is 0.0107. The van der Waals surface area contributed by atoms with E-state index in [2.05, 4.69) is 4.98 Å². The van der Waals surface area contributed by atoms with Crippen LogP contribution >= 0.6 is 0 Å². The molecule has 2 atom stereocenters. The molecule has 20 heavy (non-hydrogen) atoms. The lowest BCUT2D eigenvalue weighted by Gasteiger charge is -2.28. The second-order valence-electron chi connectivity index (χ2n) is 4.62. The van der Waals surface area contributed by atoms with Crippen molar-refractivity contribution in [3.63, 3.8) is 0 Å². The Balaban J connectivity index is 2.49. The van der Waals surface area contributed by atoms with E-state index < -0.39 is 6.10 Å². The van der Waals surface area contributed by atoms with E-state index in [0.717, 1.165) is 5.56 Å². The molecule has 1 rings (SSSR count). The van der Waals surface area contributed by atoms with E-state index >= 15 is 0 Å². The molecule has 1 heterocycles. The van der Waals surface area contributed by atoms with Crippen LogP contribution in [0, 0.1) is 0 Å². The minimum atomic E-state index is -0.468. The predicted molar refractivity (Wildman–Crippen MR) is 77.3 cm³/mol. The number of aromatic nitrogens is 1. The number of amides is 1. The molecule has 0 aromatic carbocycles. The molecule has 0 bridgehead atoms. The van der Waals surface area contributed by atoms with Gasteiger partial charge in [-0.3, -0.25) is 9.78 Å². The van der Waals surface area contributed by atoms with Gasteiger partial charge in [-0.1, -0.05) is 0 Å². The van der Waals surface area contributed by atoms with Crippen LogP contribution in [0.25, 0.3) is 0 Å². The summed E-state index contributed by atoms with van der Waals surface area (Å²) in [5.74, 6) is -0.0363. The quantitative estimate of drug-likeness (QED) is 0.684. The fraction of sp³-hybridized carbons (Fsp3) is 0.600. The molecule has 0 fully saturated rings. The number of ether oxygens (including phenoxy) is 2. The summed E-state index contributed by atoms with van der Waals surface area (Å²) in [5.41, 5.74) is 1.05. The zero-order chi connectivity index (χ0) is 15.0. The van der Waals surface area contributed by atoms with Crippen molar-refractivity contribution in [2.75, 3.05) is 26.9 Å². The molecule has 1 amide bonds. The van der Waals surface area contributed by atoms with Crippen LogP contribution < -0.4 is 0 Å². The Hall–Kier alpha value is -1.46. The zero-order valence-electron chi connectivity index (χ0n) is 12.7. The van der Waals surface area contributed by atoms with E-state index in [0.29, 0.717) is 19.8 Å². The van der Waals surface area contributed by atoms with Gasteiger partial charge in [-0.2, -0.15) is 0 Å². The van der Waals surface area contributed by atoms with Gasteiger partial charge >= 0.3 is 0 Å². The van der Waals surface area contributed by atoms with Gasteiger partial charge in [0.05, 0.1) is 19.3 Å². The Bertz CT molecular complexity index is 397. The summed E-state index contributed by atoms with van der Waals surface area (Å²) in [6, 6.07) is 3.81. The molecule has 0 aliphatic carbocycles. The van der Waals surface area contributed by atoms with Crippen LogP contribution in [0.15, 0.2) is 24.5 Å². The first-order valence-electron chi connectivity index (χ1n) is 6.93. The van der Waals surface area contributed by atoms with Crippen molar-refractivity contribution in [2.45, 2.75) is 32.9 Å². The maximum absolute atomic E-state index is 12.3. The van der Waals surface area contributed by atoms with Gasteiger partial charge in [0, 0.05) is 26.0 Å².